The molecule has 0 aliphatic rings. The van der Waals surface area contributed by atoms with Crippen LogP contribution in [0.2, 0.25) is 0 Å². The van der Waals surface area contributed by atoms with E-state index in [0.29, 0.717) is 5.76 Å². The highest BCUT2D eigenvalue weighted by molar-refractivity contribution is 5.62. The second-order valence-electron chi connectivity index (χ2n) is 3.22. The van der Waals surface area contributed by atoms with Crippen LogP contribution in [0.4, 0.5) is 4.79 Å². The molecule has 0 unspecified atom stereocenters. The van der Waals surface area contributed by atoms with Crippen LogP contribution >= 0.6 is 0 Å². The molecule has 1 aromatic carbocycles. The Hall–Kier alpha value is -2.43. The molecule has 5 nitrogen and oxygen atoms in total. The van der Waals surface area contributed by atoms with Gasteiger partial charge in [0.1, 0.15) is 11.5 Å². The summed E-state index contributed by atoms with van der Waals surface area (Å²) in [5.74, 6) is 1.22. The summed E-state index contributed by atoms with van der Waals surface area (Å²) in [6, 6.07) is 10.3. The van der Waals surface area contributed by atoms with Gasteiger partial charge in [-0.1, -0.05) is 0 Å². The molecular formula is C12H10O5. The topological polar surface area (TPSA) is 68.9 Å². The van der Waals surface area contributed by atoms with Gasteiger partial charge in [-0.15, -0.1) is 0 Å². The molecule has 0 aliphatic heterocycles. The van der Waals surface area contributed by atoms with Crippen molar-refractivity contribution in [2.45, 2.75) is 0 Å². The summed E-state index contributed by atoms with van der Waals surface area (Å²) in [6.07, 6.45) is -1.40. The van der Waals surface area contributed by atoms with E-state index >= 15 is 0 Å². The van der Waals surface area contributed by atoms with Gasteiger partial charge in [0.15, 0.2) is 0 Å². The minimum Gasteiger partial charge on any atom is -0.497 e. The van der Waals surface area contributed by atoms with Crippen LogP contribution in [0.25, 0.3) is 11.3 Å². The fraction of sp³-hybridized carbons (Fsp3) is 0.0833. The van der Waals surface area contributed by atoms with E-state index in [4.69, 9.17) is 14.3 Å². The van der Waals surface area contributed by atoms with Crippen LogP contribution < -0.4 is 9.47 Å². The third-order valence-corrected chi connectivity index (χ3v) is 2.14. The molecule has 0 saturated heterocycles. The lowest BCUT2D eigenvalue weighted by Gasteiger charge is -2.00. The third-order valence-electron chi connectivity index (χ3n) is 2.14. The van der Waals surface area contributed by atoms with Crippen molar-refractivity contribution in [1.29, 1.82) is 0 Å². The second kappa shape index (κ2) is 4.61. The first kappa shape index (κ1) is 11.1. The third kappa shape index (κ3) is 2.57. The second-order valence-corrected chi connectivity index (χ2v) is 3.22. The van der Waals surface area contributed by atoms with Crippen LogP contribution in [0.3, 0.4) is 0 Å². The predicted octanol–water partition coefficient (Wildman–Crippen LogP) is 3.01. The highest BCUT2D eigenvalue weighted by Crippen LogP contribution is 2.27. The van der Waals surface area contributed by atoms with E-state index in [-0.39, 0.29) is 5.95 Å². The van der Waals surface area contributed by atoms with Crippen LogP contribution in [0, 0.1) is 0 Å². The van der Waals surface area contributed by atoms with E-state index in [1.54, 1.807) is 25.3 Å². The van der Waals surface area contributed by atoms with Crippen LogP contribution in [-0.4, -0.2) is 18.4 Å². The summed E-state index contributed by atoms with van der Waals surface area (Å²) in [4.78, 5) is 10.3. The first-order valence-corrected chi connectivity index (χ1v) is 4.84. The van der Waals surface area contributed by atoms with Gasteiger partial charge in [-0.05, 0) is 30.3 Å². The average molecular weight is 234 g/mol. The van der Waals surface area contributed by atoms with Gasteiger partial charge in [0, 0.05) is 11.6 Å². The molecule has 88 valence electrons. The van der Waals surface area contributed by atoms with E-state index in [2.05, 4.69) is 4.74 Å². The summed E-state index contributed by atoms with van der Waals surface area (Å²) in [6.45, 7) is 0. The van der Waals surface area contributed by atoms with E-state index < -0.39 is 6.16 Å². The number of furan rings is 1. The van der Waals surface area contributed by atoms with E-state index in [1.165, 1.54) is 6.07 Å². The van der Waals surface area contributed by atoms with Crippen molar-refractivity contribution in [3.8, 4) is 23.0 Å². The Bertz CT molecular complexity index is 512. The molecule has 2 rings (SSSR count). The van der Waals surface area contributed by atoms with Crippen molar-refractivity contribution in [1.82, 2.24) is 0 Å². The number of hydrogen-bond acceptors (Lipinski definition) is 4. The zero-order chi connectivity index (χ0) is 12.3. The first-order chi connectivity index (χ1) is 8.19. The smallest absolute Gasteiger partial charge is 0.497 e. The number of methoxy groups -OCH3 is 1. The van der Waals surface area contributed by atoms with Crippen molar-refractivity contribution in [2.75, 3.05) is 7.11 Å². The molecule has 0 radical (unpaired) electrons. The molecule has 17 heavy (non-hydrogen) atoms. The SMILES string of the molecule is COc1ccc(-c2ccc(OC(=O)O)o2)cc1. The molecule has 1 N–H and O–H groups in total. The average Bonchev–Trinajstić information content (AvgIpc) is 2.77. The van der Waals surface area contributed by atoms with E-state index in [0.717, 1.165) is 11.3 Å². The van der Waals surface area contributed by atoms with Crippen molar-refractivity contribution in [3.63, 3.8) is 0 Å². The lowest BCUT2D eigenvalue weighted by atomic mass is 10.2. The number of ether oxygens (including phenoxy) is 2. The molecule has 0 spiro atoms. The molecule has 0 amide bonds. The molecule has 0 fully saturated rings. The van der Waals surface area contributed by atoms with Gasteiger partial charge in [-0.3, -0.25) is 0 Å². The lowest BCUT2D eigenvalue weighted by molar-refractivity contribution is 0.133. The highest BCUT2D eigenvalue weighted by Gasteiger charge is 2.08. The van der Waals surface area contributed by atoms with Gasteiger partial charge >= 0.3 is 6.16 Å². The van der Waals surface area contributed by atoms with Crippen LogP contribution in [0.5, 0.6) is 11.7 Å². The molecule has 0 atom stereocenters. The minimum absolute atomic E-state index is 0.0525. The van der Waals surface area contributed by atoms with Gasteiger partial charge < -0.3 is 19.0 Å². The van der Waals surface area contributed by atoms with Crippen LogP contribution in [0.1, 0.15) is 0 Å². The Labute approximate surface area is 97.2 Å². The Morgan fingerprint density at radius 1 is 1.18 bits per heavy atom. The fourth-order valence-corrected chi connectivity index (χ4v) is 1.37. The Morgan fingerprint density at radius 2 is 1.88 bits per heavy atom. The maximum atomic E-state index is 10.3. The molecule has 1 aromatic heterocycles. The van der Waals surface area contributed by atoms with Crippen molar-refractivity contribution < 1.29 is 23.8 Å². The Kier molecular flexibility index (Phi) is 3.00. The maximum Gasteiger partial charge on any atom is 0.513 e. The molecule has 0 aliphatic carbocycles. The zero-order valence-electron chi connectivity index (χ0n) is 9.04. The largest absolute Gasteiger partial charge is 0.513 e. The summed E-state index contributed by atoms with van der Waals surface area (Å²) in [7, 11) is 1.58. The van der Waals surface area contributed by atoms with Crippen molar-refractivity contribution in [3.05, 3.63) is 36.4 Å². The standard InChI is InChI=1S/C12H10O5/c1-15-9-4-2-8(3-5-9)10-6-7-11(16-10)17-12(13)14/h2-7H,1H3,(H,13,14). The molecule has 5 heteroatoms. The summed E-state index contributed by atoms with van der Waals surface area (Å²) in [5, 5.41) is 8.42. The van der Waals surface area contributed by atoms with Gasteiger partial charge in [-0.25, -0.2) is 4.79 Å². The molecular weight excluding hydrogens is 224 g/mol. The molecule has 2 aromatic rings. The first-order valence-electron chi connectivity index (χ1n) is 4.84. The van der Waals surface area contributed by atoms with Crippen LogP contribution in [0.15, 0.2) is 40.8 Å². The van der Waals surface area contributed by atoms with Gasteiger partial charge in [0.05, 0.1) is 7.11 Å². The number of carboxylic acid groups (broad SMARTS) is 1. The van der Waals surface area contributed by atoms with Gasteiger partial charge in [-0.2, -0.15) is 0 Å². The van der Waals surface area contributed by atoms with Crippen LogP contribution in [-0.2, 0) is 0 Å². The van der Waals surface area contributed by atoms with Gasteiger partial charge in [0.2, 0.25) is 0 Å². The zero-order valence-corrected chi connectivity index (χ0v) is 9.04. The monoisotopic (exact) mass is 234 g/mol. The number of carbonyl (C=O) groups is 1. The molecule has 1 heterocycles. The summed E-state index contributed by atoms with van der Waals surface area (Å²) < 4.78 is 14.6. The summed E-state index contributed by atoms with van der Waals surface area (Å²) >= 11 is 0. The van der Waals surface area contributed by atoms with Crippen molar-refractivity contribution >= 4 is 6.16 Å². The lowest BCUT2D eigenvalue weighted by Crippen LogP contribution is -2.01. The Balaban J connectivity index is 2.21. The van der Waals surface area contributed by atoms with E-state index in [1.807, 2.05) is 12.1 Å². The predicted molar refractivity (Wildman–Crippen MR) is 59.3 cm³/mol. The summed E-state index contributed by atoms with van der Waals surface area (Å²) in [5.41, 5.74) is 0.811. The molecule has 0 bridgehead atoms. The van der Waals surface area contributed by atoms with Gasteiger partial charge in [0.25, 0.3) is 5.95 Å². The number of rotatable bonds is 3. The fourth-order valence-electron chi connectivity index (χ4n) is 1.37. The maximum absolute atomic E-state index is 10.3. The molecule has 0 saturated carbocycles. The van der Waals surface area contributed by atoms with E-state index in [9.17, 15) is 4.79 Å². The minimum atomic E-state index is -1.40. The highest BCUT2D eigenvalue weighted by atomic mass is 16.7. The number of hydrogen-bond donors (Lipinski definition) is 1. The number of benzene rings is 1. The normalized spacial score (nSPS) is 9.94. The quantitative estimate of drug-likeness (QED) is 0.826. The Morgan fingerprint density at radius 3 is 2.47 bits per heavy atom. The van der Waals surface area contributed by atoms with Crippen molar-refractivity contribution in [2.24, 2.45) is 0 Å².